The minimum Gasteiger partial charge on any atom is -0.378 e. The van der Waals surface area contributed by atoms with Gasteiger partial charge in [0.05, 0.1) is 17.1 Å². The van der Waals surface area contributed by atoms with Crippen molar-refractivity contribution < 1.29 is 9.90 Å². The molecule has 5 aromatic rings. The Labute approximate surface area is 219 Å². The molecule has 3 aromatic heterocycles. The van der Waals surface area contributed by atoms with Crippen molar-refractivity contribution in [3.63, 3.8) is 0 Å². The number of nitrogens with zero attached hydrogens (tertiary/aromatic N) is 4. The van der Waals surface area contributed by atoms with Crippen molar-refractivity contribution in [3.05, 3.63) is 106 Å². The van der Waals surface area contributed by atoms with E-state index in [2.05, 4.69) is 27.2 Å². The van der Waals surface area contributed by atoms with Gasteiger partial charge < -0.3 is 10.4 Å². The van der Waals surface area contributed by atoms with Crippen LogP contribution in [0.1, 0.15) is 54.1 Å². The zero-order chi connectivity index (χ0) is 27.0. The fourth-order valence-electron chi connectivity index (χ4n) is 4.47. The molecule has 5 rings (SSSR count). The minimum absolute atomic E-state index is 0.265. The van der Waals surface area contributed by atoms with Crippen molar-refractivity contribution in [2.75, 3.05) is 0 Å². The Kier molecular flexibility index (Phi) is 6.31. The van der Waals surface area contributed by atoms with E-state index in [0.29, 0.717) is 44.6 Å². The number of fused-ring (bicyclic) bond motifs is 2. The SMILES string of the molecule is Cc1nn2cccnc2c1C(=O)N[C@@H](C)c1cc2cccc(C#CC(C)(C)O)c2c(=O)n1-c1ccccc1. The summed E-state index contributed by atoms with van der Waals surface area (Å²) in [6, 6.07) is 17.8. The normalized spacial score (nSPS) is 12.2. The van der Waals surface area contributed by atoms with Crippen molar-refractivity contribution in [2.45, 2.75) is 39.3 Å². The minimum atomic E-state index is -1.20. The zero-order valence-electron chi connectivity index (χ0n) is 21.6. The number of aliphatic hydroxyl groups is 1. The van der Waals surface area contributed by atoms with Gasteiger partial charge in [0.15, 0.2) is 5.65 Å². The van der Waals surface area contributed by atoms with E-state index in [-0.39, 0.29) is 11.5 Å². The van der Waals surface area contributed by atoms with Gasteiger partial charge in [-0.1, -0.05) is 42.2 Å². The molecule has 0 fully saturated rings. The van der Waals surface area contributed by atoms with E-state index in [4.69, 9.17) is 0 Å². The molecule has 1 atom stereocenters. The Morgan fingerprint density at radius 3 is 2.61 bits per heavy atom. The number of nitrogens with one attached hydrogen (secondary N) is 1. The van der Waals surface area contributed by atoms with Crippen molar-refractivity contribution in [1.29, 1.82) is 0 Å². The average Bonchev–Trinajstić information content (AvgIpc) is 3.23. The topological polar surface area (TPSA) is 102 Å². The fourth-order valence-corrected chi connectivity index (χ4v) is 4.47. The van der Waals surface area contributed by atoms with Crippen molar-refractivity contribution in [3.8, 4) is 17.5 Å². The summed E-state index contributed by atoms with van der Waals surface area (Å²) in [4.78, 5) is 31.8. The largest absolute Gasteiger partial charge is 0.378 e. The molecule has 0 saturated carbocycles. The van der Waals surface area contributed by atoms with Gasteiger partial charge in [0.1, 0.15) is 11.2 Å². The first-order chi connectivity index (χ1) is 18.1. The second-order valence-electron chi connectivity index (χ2n) is 9.67. The number of aryl methyl sites for hydroxylation is 1. The van der Waals surface area contributed by atoms with Crippen molar-refractivity contribution >= 4 is 22.3 Å². The van der Waals surface area contributed by atoms with Crippen LogP contribution < -0.4 is 10.9 Å². The Bertz CT molecular complexity index is 1800. The summed E-state index contributed by atoms with van der Waals surface area (Å²) in [5, 5.41) is 18.7. The number of aromatic nitrogens is 4. The summed E-state index contributed by atoms with van der Waals surface area (Å²) in [6.45, 7) is 6.79. The fraction of sp³-hybridized carbons (Fsp3) is 0.200. The van der Waals surface area contributed by atoms with Gasteiger partial charge in [0.2, 0.25) is 0 Å². The third-order valence-electron chi connectivity index (χ3n) is 6.18. The molecule has 2 aromatic carbocycles. The van der Waals surface area contributed by atoms with Crippen LogP contribution in [0, 0.1) is 18.8 Å². The standard InChI is InChI=1S/C30H27N5O3/c1-19(32-28(36)25-20(2)33-34-17-9-16-31-27(25)34)24-18-22-11-8-10-21(14-15-30(3,4)38)26(22)29(37)35(24)23-12-6-5-7-13-23/h5-13,16-19,38H,1-4H3,(H,32,36)/t19-/m0/s1. The molecule has 3 heterocycles. The third-order valence-corrected chi connectivity index (χ3v) is 6.18. The van der Waals surface area contributed by atoms with Gasteiger partial charge in [-0.05, 0) is 63.4 Å². The summed E-state index contributed by atoms with van der Waals surface area (Å²) in [6.07, 6.45) is 3.36. The number of carbonyl (C=O) groups excluding carboxylic acids is 1. The van der Waals surface area contributed by atoms with E-state index >= 15 is 0 Å². The lowest BCUT2D eigenvalue weighted by Crippen LogP contribution is -2.32. The molecule has 8 heteroatoms. The van der Waals surface area contributed by atoms with Gasteiger partial charge in [-0.2, -0.15) is 5.10 Å². The van der Waals surface area contributed by atoms with E-state index in [1.54, 1.807) is 54.4 Å². The molecular formula is C30H27N5O3. The van der Waals surface area contributed by atoms with Crippen molar-refractivity contribution in [2.24, 2.45) is 0 Å². The van der Waals surface area contributed by atoms with Gasteiger partial charge in [0.25, 0.3) is 11.5 Å². The number of hydrogen-bond acceptors (Lipinski definition) is 5. The van der Waals surface area contributed by atoms with Crippen molar-refractivity contribution in [1.82, 2.24) is 24.5 Å². The highest BCUT2D eigenvalue weighted by Gasteiger charge is 2.23. The van der Waals surface area contributed by atoms with Gasteiger partial charge in [-0.3, -0.25) is 14.2 Å². The van der Waals surface area contributed by atoms with Crippen LogP contribution in [0.4, 0.5) is 0 Å². The summed E-state index contributed by atoms with van der Waals surface area (Å²) in [7, 11) is 0. The second kappa shape index (κ2) is 9.61. The maximum absolute atomic E-state index is 14.0. The number of rotatable bonds is 4. The second-order valence-corrected chi connectivity index (χ2v) is 9.67. The molecule has 0 bridgehead atoms. The maximum atomic E-state index is 14.0. The van der Waals surface area contributed by atoms with Gasteiger partial charge in [-0.15, -0.1) is 0 Å². The van der Waals surface area contributed by atoms with Crippen LogP contribution in [0.2, 0.25) is 0 Å². The quantitative estimate of drug-likeness (QED) is 0.360. The number of amides is 1. The predicted octanol–water partition coefficient (Wildman–Crippen LogP) is 3.96. The van der Waals surface area contributed by atoms with Crippen LogP contribution in [-0.2, 0) is 0 Å². The molecular weight excluding hydrogens is 478 g/mol. The molecule has 0 radical (unpaired) electrons. The summed E-state index contributed by atoms with van der Waals surface area (Å²) in [5.41, 5.74) is 1.73. The summed E-state index contributed by atoms with van der Waals surface area (Å²) in [5.74, 6) is 5.44. The molecule has 1 amide bonds. The molecule has 0 aliphatic rings. The first-order valence-electron chi connectivity index (χ1n) is 12.2. The molecule has 0 saturated heterocycles. The Balaban J connectivity index is 1.66. The van der Waals surface area contributed by atoms with E-state index in [0.717, 1.165) is 0 Å². The summed E-state index contributed by atoms with van der Waals surface area (Å²) < 4.78 is 3.17. The average molecular weight is 506 g/mol. The highest BCUT2D eigenvalue weighted by Crippen LogP contribution is 2.24. The molecule has 8 nitrogen and oxygen atoms in total. The smallest absolute Gasteiger partial charge is 0.264 e. The molecule has 38 heavy (non-hydrogen) atoms. The van der Waals surface area contributed by atoms with Gasteiger partial charge in [0, 0.05) is 29.3 Å². The first-order valence-corrected chi connectivity index (χ1v) is 12.2. The van der Waals surface area contributed by atoms with Gasteiger partial charge in [-0.25, -0.2) is 9.50 Å². The zero-order valence-corrected chi connectivity index (χ0v) is 21.6. The highest BCUT2D eigenvalue weighted by atomic mass is 16.3. The highest BCUT2D eigenvalue weighted by molar-refractivity contribution is 6.01. The van der Waals surface area contributed by atoms with E-state index in [1.165, 1.54) is 0 Å². The van der Waals surface area contributed by atoms with Crippen LogP contribution in [-0.4, -0.2) is 35.8 Å². The number of hydrogen-bond donors (Lipinski definition) is 2. The number of benzene rings is 2. The lowest BCUT2D eigenvalue weighted by molar-refractivity contribution is 0.0939. The van der Waals surface area contributed by atoms with Crippen LogP contribution in [0.25, 0.3) is 22.1 Å². The number of carbonyl (C=O) groups is 1. The van der Waals surface area contributed by atoms with Crippen LogP contribution in [0.15, 0.2) is 77.9 Å². The summed E-state index contributed by atoms with van der Waals surface area (Å²) >= 11 is 0. The Hall–Kier alpha value is -4.74. The maximum Gasteiger partial charge on any atom is 0.264 e. The molecule has 0 aliphatic heterocycles. The third kappa shape index (κ3) is 4.67. The molecule has 0 unspecified atom stereocenters. The molecule has 0 spiro atoms. The number of pyridine rings is 1. The molecule has 190 valence electrons. The van der Waals surface area contributed by atoms with Gasteiger partial charge >= 0.3 is 0 Å². The van der Waals surface area contributed by atoms with Crippen LogP contribution >= 0.6 is 0 Å². The Morgan fingerprint density at radius 1 is 1.11 bits per heavy atom. The lowest BCUT2D eigenvalue weighted by Gasteiger charge is -2.21. The first kappa shape index (κ1) is 24.9. The molecule has 2 N–H and O–H groups in total. The number of para-hydroxylation sites is 1. The van der Waals surface area contributed by atoms with Crippen LogP contribution in [0.5, 0.6) is 0 Å². The van der Waals surface area contributed by atoms with Crippen LogP contribution in [0.3, 0.4) is 0 Å². The monoisotopic (exact) mass is 505 g/mol. The lowest BCUT2D eigenvalue weighted by atomic mass is 10.0. The predicted molar refractivity (Wildman–Crippen MR) is 146 cm³/mol. The Morgan fingerprint density at radius 2 is 1.87 bits per heavy atom. The molecule has 0 aliphatic carbocycles. The van der Waals surface area contributed by atoms with E-state index < -0.39 is 11.6 Å². The van der Waals surface area contributed by atoms with E-state index in [1.807, 2.05) is 55.5 Å². The van der Waals surface area contributed by atoms with E-state index in [9.17, 15) is 14.7 Å².